The summed E-state index contributed by atoms with van der Waals surface area (Å²) in [5.74, 6) is -9.78. The number of ketones is 1. The van der Waals surface area contributed by atoms with Crippen LogP contribution in [-0.4, -0.2) is 116 Å². The van der Waals surface area contributed by atoms with Crippen LogP contribution in [0.3, 0.4) is 0 Å². The van der Waals surface area contributed by atoms with Crippen molar-refractivity contribution in [3.8, 4) is 0 Å². The first-order chi connectivity index (χ1) is 20.4. The molecule has 0 amide bonds. The lowest BCUT2D eigenvalue weighted by molar-refractivity contribution is -0.364. The lowest BCUT2D eigenvalue weighted by Gasteiger charge is -2.42. The zero-order valence-electron chi connectivity index (χ0n) is 25.0. The summed E-state index contributed by atoms with van der Waals surface area (Å²) in [6.45, 7) is 4.96. The van der Waals surface area contributed by atoms with Crippen molar-refractivity contribution in [3.63, 3.8) is 0 Å². The van der Waals surface area contributed by atoms with E-state index >= 15 is 0 Å². The molecular weight excluding hydrogens is 600 g/mol. The van der Waals surface area contributed by atoms with Gasteiger partial charge in [0.1, 0.15) is 32.0 Å². The van der Waals surface area contributed by atoms with Crippen LogP contribution >= 0.6 is 0 Å². The molecule has 0 N–H and O–H groups in total. The normalized spacial score (nSPS) is 29.5. The predicted octanol–water partition coefficient (Wildman–Crippen LogP) is -1.19. The van der Waals surface area contributed by atoms with Gasteiger partial charge in [0.25, 0.3) is 0 Å². The van der Waals surface area contributed by atoms with E-state index < -0.39 is 116 Å². The molecule has 44 heavy (non-hydrogen) atoms. The lowest BCUT2D eigenvalue weighted by Crippen LogP contribution is -2.63. The van der Waals surface area contributed by atoms with Crippen molar-refractivity contribution in [3.05, 3.63) is 0 Å². The van der Waals surface area contributed by atoms with Crippen LogP contribution in [0, 0.1) is 0 Å². The monoisotopic (exact) mass is 634 g/mol. The highest BCUT2D eigenvalue weighted by Gasteiger charge is 2.64. The number of Topliss-reactive ketones (excluding diaryl/α,β-unsaturated/α-hetero) is 1. The third kappa shape index (κ3) is 9.95. The van der Waals surface area contributed by atoms with Crippen molar-refractivity contribution in [1.82, 2.24) is 0 Å². The minimum absolute atomic E-state index is 0.586. The van der Waals surface area contributed by atoms with Crippen molar-refractivity contribution in [1.29, 1.82) is 0 Å². The molecule has 8 atom stereocenters. The average Bonchev–Trinajstić information content (AvgIpc) is 3.15. The Morgan fingerprint density at radius 2 is 1.09 bits per heavy atom. The highest BCUT2D eigenvalue weighted by Crippen LogP contribution is 2.40. The number of ether oxygens (including phenoxy) is 10. The molecule has 2 heterocycles. The Labute approximate surface area is 250 Å². The van der Waals surface area contributed by atoms with E-state index in [2.05, 4.69) is 0 Å². The van der Waals surface area contributed by atoms with Crippen LogP contribution in [0.5, 0.6) is 0 Å². The maximum atomic E-state index is 13.5. The fourth-order valence-corrected chi connectivity index (χ4v) is 4.29. The molecule has 2 aliphatic heterocycles. The SMILES string of the molecule is CC(=O)OC[C@H]1O[C@@](COC(C)=O)(O[C@H]2O[C@H](COC(C)=O)[C@@H](OC(C)=O)C(=O)[C@H]2OC(C)=O)[C@@H](OC(C)=O)[C@@H]1OC(C)=O. The number of carbonyl (C=O) groups excluding carboxylic acids is 8. The van der Waals surface area contributed by atoms with Gasteiger partial charge in [-0.1, -0.05) is 0 Å². The Balaban J connectivity index is 2.68. The third-order valence-corrected chi connectivity index (χ3v) is 5.78. The van der Waals surface area contributed by atoms with Crippen LogP contribution in [0.15, 0.2) is 0 Å². The summed E-state index contributed by atoms with van der Waals surface area (Å²) in [7, 11) is 0. The second kappa shape index (κ2) is 15.5. The Morgan fingerprint density at radius 1 is 0.614 bits per heavy atom. The highest BCUT2D eigenvalue weighted by molar-refractivity contribution is 5.92. The Kier molecular flexibility index (Phi) is 12.7. The molecule has 2 fully saturated rings. The molecule has 18 nitrogen and oxygen atoms in total. The van der Waals surface area contributed by atoms with E-state index in [1.54, 1.807) is 0 Å². The van der Waals surface area contributed by atoms with Crippen LogP contribution in [0.1, 0.15) is 48.5 Å². The number of hydrogen-bond donors (Lipinski definition) is 0. The number of rotatable bonds is 12. The molecule has 0 aliphatic carbocycles. The van der Waals surface area contributed by atoms with E-state index in [9.17, 15) is 38.4 Å². The largest absolute Gasteiger partial charge is 0.463 e. The van der Waals surface area contributed by atoms with Gasteiger partial charge in [-0.25, -0.2) is 0 Å². The maximum absolute atomic E-state index is 13.5. The minimum Gasteiger partial charge on any atom is -0.463 e. The smallest absolute Gasteiger partial charge is 0.303 e. The summed E-state index contributed by atoms with van der Waals surface area (Å²) in [5.41, 5.74) is 0. The fourth-order valence-electron chi connectivity index (χ4n) is 4.29. The first-order valence-corrected chi connectivity index (χ1v) is 13.1. The van der Waals surface area contributed by atoms with E-state index in [1.165, 1.54) is 0 Å². The van der Waals surface area contributed by atoms with E-state index in [1.807, 2.05) is 0 Å². The molecule has 246 valence electrons. The van der Waals surface area contributed by atoms with E-state index in [4.69, 9.17) is 47.4 Å². The Morgan fingerprint density at radius 3 is 1.57 bits per heavy atom. The molecule has 0 bridgehead atoms. The molecule has 0 aromatic rings. The van der Waals surface area contributed by atoms with Gasteiger partial charge in [-0.05, 0) is 0 Å². The summed E-state index contributed by atoms with van der Waals surface area (Å²) >= 11 is 0. The standard InChI is InChI=1S/C26H34O18/c1-11(27)35-8-18-21(38-14(4)30)20(34)23(40-16(6)32)25(42-18)44-26(10-37-13(3)29)24(41-17(7)33)22(39-15(5)31)19(43-26)9-36-12(2)28/h18-19,21-25H,8-10H2,1-7H3/t18-,19-,21-,22-,23-,24+,25-,26+/m1/s1. The summed E-state index contributed by atoms with van der Waals surface area (Å²) in [6, 6.07) is 0. The van der Waals surface area contributed by atoms with E-state index in [0.29, 0.717) is 0 Å². The van der Waals surface area contributed by atoms with E-state index in [0.717, 1.165) is 48.5 Å². The molecule has 0 aromatic carbocycles. The van der Waals surface area contributed by atoms with Crippen molar-refractivity contribution >= 4 is 47.6 Å². The number of esters is 7. The quantitative estimate of drug-likeness (QED) is 0.181. The maximum Gasteiger partial charge on any atom is 0.303 e. The van der Waals surface area contributed by atoms with Gasteiger partial charge in [0.05, 0.1) is 0 Å². The molecule has 0 spiro atoms. The molecule has 0 saturated carbocycles. The first kappa shape index (κ1) is 36.0. The molecule has 2 rings (SSSR count). The second-order valence-corrected chi connectivity index (χ2v) is 9.58. The van der Waals surface area contributed by atoms with Crippen LogP contribution < -0.4 is 0 Å². The zero-order valence-corrected chi connectivity index (χ0v) is 25.0. The topological polar surface area (TPSA) is 229 Å². The van der Waals surface area contributed by atoms with E-state index in [-0.39, 0.29) is 0 Å². The number of hydrogen-bond acceptors (Lipinski definition) is 18. The van der Waals surface area contributed by atoms with Crippen LogP contribution in [0.4, 0.5) is 0 Å². The number of carbonyl (C=O) groups is 8. The molecule has 0 aromatic heterocycles. The summed E-state index contributed by atoms with van der Waals surface area (Å²) in [5, 5.41) is 0. The van der Waals surface area contributed by atoms with Gasteiger partial charge in [0.2, 0.25) is 24.0 Å². The van der Waals surface area contributed by atoms with Crippen molar-refractivity contribution in [2.45, 2.75) is 97.2 Å². The predicted molar refractivity (Wildman–Crippen MR) is 134 cm³/mol. The molecule has 0 unspecified atom stereocenters. The molecule has 18 heteroatoms. The zero-order chi connectivity index (χ0) is 33.4. The van der Waals surface area contributed by atoms with Crippen LogP contribution in [0.2, 0.25) is 0 Å². The van der Waals surface area contributed by atoms with Gasteiger partial charge < -0.3 is 47.4 Å². The summed E-state index contributed by atoms with van der Waals surface area (Å²) < 4.78 is 53.7. The van der Waals surface area contributed by atoms with Gasteiger partial charge in [0.15, 0.2) is 18.3 Å². The van der Waals surface area contributed by atoms with Crippen molar-refractivity contribution < 1.29 is 85.7 Å². The Bertz CT molecular complexity index is 1150. The van der Waals surface area contributed by atoms with Gasteiger partial charge >= 0.3 is 41.8 Å². The summed E-state index contributed by atoms with van der Waals surface area (Å²) in [6.07, 6.45) is -12.0. The molecular formula is C26H34O18. The average molecular weight is 635 g/mol. The second-order valence-electron chi connectivity index (χ2n) is 9.58. The highest BCUT2D eigenvalue weighted by atomic mass is 16.8. The summed E-state index contributed by atoms with van der Waals surface area (Å²) in [4.78, 5) is 96.5. The van der Waals surface area contributed by atoms with Crippen molar-refractivity contribution in [2.24, 2.45) is 0 Å². The molecule has 2 aliphatic rings. The van der Waals surface area contributed by atoms with Crippen molar-refractivity contribution in [2.75, 3.05) is 19.8 Å². The fraction of sp³-hybridized carbons (Fsp3) is 0.692. The van der Waals surface area contributed by atoms with Gasteiger partial charge in [-0.2, -0.15) is 0 Å². The minimum atomic E-state index is -2.48. The first-order valence-electron chi connectivity index (χ1n) is 13.1. The Hall–Kier alpha value is -4.16. The van der Waals surface area contributed by atoms with Gasteiger partial charge in [-0.3, -0.25) is 38.4 Å². The third-order valence-electron chi connectivity index (χ3n) is 5.78. The van der Waals surface area contributed by atoms with Crippen LogP contribution in [-0.2, 0) is 85.7 Å². The lowest BCUT2D eigenvalue weighted by atomic mass is 9.99. The van der Waals surface area contributed by atoms with Crippen LogP contribution in [0.25, 0.3) is 0 Å². The molecule has 2 saturated heterocycles. The van der Waals surface area contributed by atoms with Gasteiger partial charge in [-0.15, -0.1) is 0 Å². The van der Waals surface area contributed by atoms with Gasteiger partial charge in [0, 0.05) is 48.5 Å². The molecule has 0 radical (unpaired) electrons.